The lowest BCUT2D eigenvalue weighted by Crippen LogP contribution is -2.35. The molecule has 1 unspecified atom stereocenters. The summed E-state index contributed by atoms with van der Waals surface area (Å²) in [5.74, 6) is 0.600. The van der Waals surface area contributed by atoms with Crippen molar-refractivity contribution in [1.29, 1.82) is 5.26 Å². The lowest BCUT2D eigenvalue weighted by Gasteiger charge is -2.25. The van der Waals surface area contributed by atoms with Crippen LogP contribution in [0.3, 0.4) is 0 Å². The van der Waals surface area contributed by atoms with E-state index in [1.54, 1.807) is 0 Å². The number of hydrogen-bond donors (Lipinski definition) is 0. The summed E-state index contributed by atoms with van der Waals surface area (Å²) in [4.78, 5) is 17.1. The van der Waals surface area contributed by atoms with Gasteiger partial charge in [-0.25, -0.2) is 0 Å². The Balaban J connectivity index is 2.68. The molecule has 0 radical (unpaired) electrons. The van der Waals surface area contributed by atoms with Gasteiger partial charge in [0.25, 0.3) is 0 Å². The van der Waals surface area contributed by atoms with E-state index in [0.29, 0.717) is 6.42 Å². The second-order valence-electron chi connectivity index (χ2n) is 3.79. The van der Waals surface area contributed by atoms with Crippen molar-refractivity contribution in [1.82, 2.24) is 4.90 Å². The highest BCUT2D eigenvalue weighted by Gasteiger charge is 2.30. The van der Waals surface area contributed by atoms with Gasteiger partial charge in [-0.2, -0.15) is 10.3 Å². The molecule has 5 heteroatoms. The van der Waals surface area contributed by atoms with E-state index in [-0.39, 0.29) is 12.0 Å². The monoisotopic (exact) mass is 223 g/mol. The van der Waals surface area contributed by atoms with Crippen molar-refractivity contribution in [2.24, 2.45) is 4.99 Å². The number of aliphatic imine (C=N–C) groups is 1. The molecule has 0 saturated carbocycles. The molecular formula is C11H17N3O2. The van der Waals surface area contributed by atoms with Gasteiger partial charge in [-0.1, -0.05) is 6.92 Å². The van der Waals surface area contributed by atoms with Gasteiger partial charge in [-0.05, 0) is 12.8 Å². The van der Waals surface area contributed by atoms with Crippen LogP contribution in [0.2, 0.25) is 0 Å². The second-order valence-corrected chi connectivity index (χ2v) is 3.79. The molecule has 1 aliphatic rings. The molecule has 88 valence electrons. The van der Waals surface area contributed by atoms with Gasteiger partial charge < -0.3 is 9.64 Å². The molecule has 1 heterocycles. The molecule has 0 aromatic heterocycles. The summed E-state index contributed by atoms with van der Waals surface area (Å²) in [6.07, 6.45) is 4.81. The first-order chi connectivity index (χ1) is 7.72. The summed E-state index contributed by atoms with van der Waals surface area (Å²) in [5, 5.41) is 8.57. The van der Waals surface area contributed by atoms with Crippen molar-refractivity contribution in [3.8, 4) is 6.19 Å². The van der Waals surface area contributed by atoms with E-state index in [9.17, 15) is 4.79 Å². The van der Waals surface area contributed by atoms with E-state index in [4.69, 9.17) is 5.26 Å². The fourth-order valence-electron chi connectivity index (χ4n) is 2.02. The van der Waals surface area contributed by atoms with E-state index in [1.165, 1.54) is 7.11 Å². The van der Waals surface area contributed by atoms with E-state index < -0.39 is 0 Å². The van der Waals surface area contributed by atoms with Gasteiger partial charge in [0.15, 0.2) is 0 Å². The molecular weight excluding hydrogens is 206 g/mol. The highest BCUT2D eigenvalue weighted by atomic mass is 16.5. The number of carbonyl (C=O) groups is 1. The predicted molar refractivity (Wildman–Crippen MR) is 59.7 cm³/mol. The Labute approximate surface area is 95.7 Å². The zero-order valence-electron chi connectivity index (χ0n) is 9.77. The minimum Gasteiger partial charge on any atom is -0.469 e. The molecule has 0 amide bonds. The van der Waals surface area contributed by atoms with Crippen LogP contribution in [0.5, 0.6) is 0 Å². The van der Waals surface area contributed by atoms with Crippen LogP contribution in [0.15, 0.2) is 4.99 Å². The molecule has 0 bridgehead atoms. The van der Waals surface area contributed by atoms with E-state index >= 15 is 0 Å². The summed E-state index contributed by atoms with van der Waals surface area (Å²) in [6, 6.07) is 0.138. The summed E-state index contributed by atoms with van der Waals surface area (Å²) in [5.41, 5.74) is 0. The smallest absolute Gasteiger partial charge is 0.307 e. The number of rotatable bonds is 4. The fourth-order valence-corrected chi connectivity index (χ4v) is 2.02. The molecule has 0 spiro atoms. The standard InChI is InChI=1S/C11H17N3O2/c1-3-6-14-9(7-11(15)16-2)4-5-10(14)13-8-12/h9H,3-7H2,1-2H3. The first-order valence-corrected chi connectivity index (χ1v) is 5.52. The number of amidine groups is 1. The third-order valence-corrected chi connectivity index (χ3v) is 2.75. The van der Waals surface area contributed by atoms with Gasteiger partial charge in [-0.15, -0.1) is 0 Å². The maximum atomic E-state index is 11.2. The highest BCUT2D eigenvalue weighted by Crippen LogP contribution is 2.23. The van der Waals surface area contributed by atoms with Crippen LogP contribution in [0.1, 0.15) is 32.6 Å². The molecule has 0 aromatic carbocycles. The topological polar surface area (TPSA) is 65.7 Å². The van der Waals surface area contributed by atoms with Crippen LogP contribution in [0.4, 0.5) is 0 Å². The van der Waals surface area contributed by atoms with Gasteiger partial charge in [0, 0.05) is 19.0 Å². The first-order valence-electron chi connectivity index (χ1n) is 5.52. The number of carbonyl (C=O) groups excluding carboxylic acids is 1. The zero-order valence-corrected chi connectivity index (χ0v) is 9.77. The summed E-state index contributed by atoms with van der Waals surface area (Å²) in [7, 11) is 1.39. The van der Waals surface area contributed by atoms with E-state index in [1.807, 2.05) is 6.19 Å². The first kappa shape index (κ1) is 12.5. The van der Waals surface area contributed by atoms with Crippen molar-refractivity contribution in [3.05, 3.63) is 0 Å². The van der Waals surface area contributed by atoms with Crippen LogP contribution >= 0.6 is 0 Å². The quantitative estimate of drug-likeness (QED) is 0.532. The SMILES string of the molecule is CCCN1C(=NC#N)CCC1CC(=O)OC. The third kappa shape index (κ3) is 2.96. The zero-order chi connectivity index (χ0) is 12.0. The predicted octanol–water partition coefficient (Wildman–Crippen LogP) is 1.30. The van der Waals surface area contributed by atoms with Crippen LogP contribution in [0.25, 0.3) is 0 Å². The van der Waals surface area contributed by atoms with Gasteiger partial charge in [0.2, 0.25) is 6.19 Å². The highest BCUT2D eigenvalue weighted by molar-refractivity contribution is 5.86. The molecule has 5 nitrogen and oxygen atoms in total. The van der Waals surface area contributed by atoms with Crippen LogP contribution in [0, 0.1) is 11.5 Å². The molecule has 0 aromatic rings. The molecule has 1 saturated heterocycles. The lowest BCUT2D eigenvalue weighted by atomic mass is 10.1. The lowest BCUT2D eigenvalue weighted by molar-refractivity contribution is -0.141. The average Bonchev–Trinajstić information content (AvgIpc) is 2.63. The van der Waals surface area contributed by atoms with Crippen molar-refractivity contribution < 1.29 is 9.53 Å². The molecule has 1 atom stereocenters. The van der Waals surface area contributed by atoms with E-state index in [0.717, 1.165) is 31.6 Å². The summed E-state index contributed by atoms with van der Waals surface area (Å²) >= 11 is 0. The van der Waals surface area contributed by atoms with Gasteiger partial charge >= 0.3 is 5.97 Å². The van der Waals surface area contributed by atoms with Crippen LogP contribution in [-0.4, -0.2) is 36.4 Å². The van der Waals surface area contributed by atoms with Crippen molar-refractivity contribution in [2.45, 2.75) is 38.6 Å². The van der Waals surface area contributed by atoms with Crippen LogP contribution < -0.4 is 0 Å². The maximum absolute atomic E-state index is 11.2. The summed E-state index contributed by atoms with van der Waals surface area (Å²) in [6.45, 7) is 2.90. The van der Waals surface area contributed by atoms with Gasteiger partial charge in [0.1, 0.15) is 5.84 Å². The molecule has 1 fully saturated rings. The number of hydrogen-bond acceptors (Lipinski definition) is 4. The van der Waals surface area contributed by atoms with Gasteiger partial charge in [-0.3, -0.25) is 4.79 Å². The molecule has 16 heavy (non-hydrogen) atoms. The Morgan fingerprint density at radius 2 is 2.50 bits per heavy atom. The average molecular weight is 223 g/mol. The third-order valence-electron chi connectivity index (χ3n) is 2.75. The Kier molecular flexibility index (Phi) is 4.77. The minimum atomic E-state index is -0.204. The summed E-state index contributed by atoms with van der Waals surface area (Å²) < 4.78 is 4.66. The minimum absolute atomic E-state index is 0.138. The normalized spacial score (nSPS) is 22.2. The number of esters is 1. The number of ether oxygens (including phenoxy) is 1. The number of nitrogens with zero attached hydrogens (tertiary/aromatic N) is 3. The Morgan fingerprint density at radius 3 is 3.06 bits per heavy atom. The Morgan fingerprint density at radius 1 is 1.75 bits per heavy atom. The van der Waals surface area contributed by atoms with E-state index in [2.05, 4.69) is 21.6 Å². The van der Waals surface area contributed by atoms with Gasteiger partial charge in [0.05, 0.1) is 13.5 Å². The Hall–Kier alpha value is -1.57. The molecule has 0 N–H and O–H groups in total. The molecule has 0 aliphatic carbocycles. The maximum Gasteiger partial charge on any atom is 0.307 e. The van der Waals surface area contributed by atoms with Crippen molar-refractivity contribution >= 4 is 11.8 Å². The van der Waals surface area contributed by atoms with Crippen LogP contribution in [-0.2, 0) is 9.53 Å². The molecule has 1 aliphatic heterocycles. The van der Waals surface area contributed by atoms with Crippen molar-refractivity contribution in [2.75, 3.05) is 13.7 Å². The fraction of sp³-hybridized carbons (Fsp3) is 0.727. The molecule has 1 rings (SSSR count). The number of nitriles is 1. The second kappa shape index (κ2) is 6.11. The largest absolute Gasteiger partial charge is 0.469 e. The Bertz CT molecular complexity index is 320. The number of likely N-dealkylation sites (tertiary alicyclic amines) is 1. The number of methoxy groups -OCH3 is 1. The van der Waals surface area contributed by atoms with Crippen molar-refractivity contribution in [3.63, 3.8) is 0 Å².